The van der Waals surface area contributed by atoms with E-state index in [2.05, 4.69) is 10.3 Å². The molecule has 0 bridgehead atoms. The largest absolute Gasteiger partial charge is 0.438 e. The molecule has 1 aliphatic carbocycles. The van der Waals surface area contributed by atoms with Crippen LogP contribution in [-0.4, -0.2) is 21.4 Å². The number of benzene rings is 2. The molecule has 2 aliphatic rings. The zero-order valence-electron chi connectivity index (χ0n) is 15.9. The first-order chi connectivity index (χ1) is 14.8. The van der Waals surface area contributed by atoms with Crippen LogP contribution in [-0.2, 0) is 17.4 Å². The molecule has 2 atom stereocenters. The highest BCUT2D eigenvalue weighted by atomic mass is 32.2. The molecule has 1 N–H and O–H groups in total. The summed E-state index contributed by atoms with van der Waals surface area (Å²) < 4.78 is 45.8. The SMILES string of the molecule is O=C1NC(=O)C([C@@H]2CCc3cc(Oc4ncc(C(F)(F)F)c5ccccc45)ccc32)S1. The number of rotatable bonds is 3. The molecule has 2 heterocycles. The zero-order chi connectivity index (χ0) is 21.8. The summed E-state index contributed by atoms with van der Waals surface area (Å²) in [6.45, 7) is 0. The van der Waals surface area contributed by atoms with E-state index in [4.69, 9.17) is 4.74 Å². The molecule has 0 spiro atoms. The van der Waals surface area contributed by atoms with Crippen LogP contribution in [0.15, 0.2) is 48.7 Å². The minimum atomic E-state index is -4.51. The Morgan fingerprint density at radius 1 is 1.10 bits per heavy atom. The number of nitrogens with one attached hydrogen (secondary N) is 1. The maximum atomic E-state index is 13.3. The summed E-state index contributed by atoms with van der Waals surface area (Å²) in [5, 5.41) is 1.84. The number of fused-ring (bicyclic) bond motifs is 2. The van der Waals surface area contributed by atoms with Crippen molar-refractivity contribution >= 4 is 33.7 Å². The molecular formula is C22H15F3N2O3S. The van der Waals surface area contributed by atoms with Crippen molar-refractivity contribution in [1.29, 1.82) is 0 Å². The van der Waals surface area contributed by atoms with Crippen LogP contribution >= 0.6 is 11.8 Å². The van der Waals surface area contributed by atoms with Crippen LogP contribution in [0.3, 0.4) is 0 Å². The molecule has 0 radical (unpaired) electrons. The smallest absolute Gasteiger partial charge is 0.418 e. The third-order valence-electron chi connectivity index (χ3n) is 5.60. The average molecular weight is 444 g/mol. The van der Waals surface area contributed by atoms with E-state index in [0.29, 0.717) is 5.75 Å². The lowest BCUT2D eigenvalue weighted by Crippen LogP contribution is -2.27. The average Bonchev–Trinajstić information content (AvgIpc) is 3.29. The van der Waals surface area contributed by atoms with Gasteiger partial charge in [0.1, 0.15) is 11.0 Å². The number of ether oxygens (including phenoxy) is 1. The lowest BCUT2D eigenvalue weighted by molar-refractivity contribution is -0.136. The molecule has 0 saturated carbocycles. The van der Waals surface area contributed by atoms with Gasteiger partial charge in [-0.3, -0.25) is 14.9 Å². The van der Waals surface area contributed by atoms with Gasteiger partial charge in [-0.1, -0.05) is 36.0 Å². The number of aryl methyl sites for hydroxylation is 1. The maximum Gasteiger partial charge on any atom is 0.418 e. The molecule has 1 fully saturated rings. The summed E-state index contributed by atoms with van der Waals surface area (Å²) in [4.78, 5) is 27.5. The number of carbonyl (C=O) groups excluding carboxylic acids is 2. The third kappa shape index (κ3) is 3.52. The number of amides is 2. The van der Waals surface area contributed by atoms with E-state index in [1.807, 2.05) is 12.1 Å². The Morgan fingerprint density at radius 3 is 2.58 bits per heavy atom. The number of alkyl halides is 3. The molecule has 9 heteroatoms. The molecule has 31 heavy (non-hydrogen) atoms. The van der Waals surface area contributed by atoms with Gasteiger partial charge in [-0.05, 0) is 42.2 Å². The molecule has 2 amide bonds. The molecule has 1 aliphatic heterocycles. The zero-order valence-corrected chi connectivity index (χ0v) is 16.7. The maximum absolute atomic E-state index is 13.3. The third-order valence-corrected chi connectivity index (χ3v) is 6.71. The van der Waals surface area contributed by atoms with Crippen LogP contribution in [0.1, 0.15) is 29.0 Å². The summed E-state index contributed by atoms with van der Waals surface area (Å²) >= 11 is 1.01. The number of imide groups is 1. The Kier molecular flexibility index (Phi) is 4.65. The van der Waals surface area contributed by atoms with Crippen LogP contribution in [0.25, 0.3) is 10.8 Å². The van der Waals surface area contributed by atoms with E-state index in [-0.39, 0.29) is 33.7 Å². The molecule has 1 saturated heterocycles. The fraction of sp³-hybridized carbons (Fsp3) is 0.227. The molecule has 158 valence electrons. The van der Waals surface area contributed by atoms with E-state index in [9.17, 15) is 22.8 Å². The topological polar surface area (TPSA) is 68.3 Å². The molecule has 1 aromatic heterocycles. The first-order valence-corrected chi connectivity index (χ1v) is 10.5. The van der Waals surface area contributed by atoms with Crippen molar-refractivity contribution < 1.29 is 27.5 Å². The van der Waals surface area contributed by atoms with Gasteiger partial charge in [-0.25, -0.2) is 4.98 Å². The number of thioether (sulfide) groups is 1. The quantitative estimate of drug-likeness (QED) is 0.584. The Hall–Kier alpha value is -3.07. The van der Waals surface area contributed by atoms with Gasteiger partial charge >= 0.3 is 6.18 Å². The van der Waals surface area contributed by atoms with E-state index in [0.717, 1.165) is 41.9 Å². The summed E-state index contributed by atoms with van der Waals surface area (Å²) in [5.74, 6) is 0.213. The summed E-state index contributed by atoms with van der Waals surface area (Å²) in [7, 11) is 0. The standard InChI is InChI=1S/C22H15F3N2O3S/c23-22(24,25)17-10-26-20(16-4-2-1-3-14(16)17)30-12-6-8-13-11(9-12)5-7-15(13)18-19(28)27-21(29)31-18/h1-4,6,8-10,15,18H,5,7H2,(H,27,28,29)/t15-,18?/m1/s1. The monoisotopic (exact) mass is 444 g/mol. The first-order valence-electron chi connectivity index (χ1n) is 9.58. The highest BCUT2D eigenvalue weighted by Gasteiger charge is 2.41. The summed E-state index contributed by atoms with van der Waals surface area (Å²) in [6, 6.07) is 11.5. The molecular weight excluding hydrogens is 429 g/mol. The predicted octanol–water partition coefficient (Wildman–Crippen LogP) is 5.43. The van der Waals surface area contributed by atoms with Gasteiger partial charge in [-0.2, -0.15) is 13.2 Å². The van der Waals surface area contributed by atoms with Crippen LogP contribution in [0.5, 0.6) is 11.6 Å². The Morgan fingerprint density at radius 2 is 1.87 bits per heavy atom. The highest BCUT2D eigenvalue weighted by Crippen LogP contribution is 2.44. The number of carbonyl (C=O) groups is 2. The van der Waals surface area contributed by atoms with Gasteiger partial charge < -0.3 is 4.74 Å². The highest BCUT2D eigenvalue weighted by molar-refractivity contribution is 8.15. The number of hydrogen-bond donors (Lipinski definition) is 1. The van der Waals surface area contributed by atoms with Crippen molar-refractivity contribution in [1.82, 2.24) is 10.3 Å². The molecule has 5 nitrogen and oxygen atoms in total. The fourth-order valence-electron chi connectivity index (χ4n) is 4.23. The van der Waals surface area contributed by atoms with Crippen molar-refractivity contribution in [3.05, 3.63) is 65.4 Å². The van der Waals surface area contributed by atoms with Gasteiger partial charge in [0.15, 0.2) is 0 Å². The molecule has 2 aromatic carbocycles. The van der Waals surface area contributed by atoms with Crippen molar-refractivity contribution in [2.24, 2.45) is 0 Å². The van der Waals surface area contributed by atoms with E-state index >= 15 is 0 Å². The van der Waals surface area contributed by atoms with Crippen LogP contribution in [0.2, 0.25) is 0 Å². The normalized spacial score (nSPS) is 20.7. The van der Waals surface area contributed by atoms with Crippen LogP contribution in [0.4, 0.5) is 18.0 Å². The van der Waals surface area contributed by atoms with Gasteiger partial charge in [-0.15, -0.1) is 0 Å². The molecule has 3 aromatic rings. The molecule has 1 unspecified atom stereocenters. The van der Waals surface area contributed by atoms with E-state index in [1.165, 1.54) is 6.07 Å². The van der Waals surface area contributed by atoms with E-state index in [1.54, 1.807) is 24.3 Å². The van der Waals surface area contributed by atoms with Gasteiger partial charge in [0, 0.05) is 22.9 Å². The van der Waals surface area contributed by atoms with Crippen LogP contribution < -0.4 is 10.1 Å². The van der Waals surface area contributed by atoms with Gasteiger partial charge in [0.2, 0.25) is 11.8 Å². The number of hydrogen-bond acceptors (Lipinski definition) is 5. The lowest BCUT2D eigenvalue weighted by atomic mass is 9.97. The second-order valence-corrected chi connectivity index (χ2v) is 8.56. The second kappa shape index (κ2) is 7.26. The van der Waals surface area contributed by atoms with Gasteiger partial charge in [0.25, 0.3) is 5.24 Å². The van der Waals surface area contributed by atoms with E-state index < -0.39 is 17.0 Å². The van der Waals surface area contributed by atoms with Crippen molar-refractivity contribution in [3.8, 4) is 11.6 Å². The number of nitrogens with zero attached hydrogens (tertiary/aromatic N) is 1. The Balaban J connectivity index is 1.46. The van der Waals surface area contributed by atoms with Crippen LogP contribution in [0, 0.1) is 0 Å². The van der Waals surface area contributed by atoms with Crippen molar-refractivity contribution in [2.45, 2.75) is 30.2 Å². The lowest BCUT2D eigenvalue weighted by Gasteiger charge is -2.16. The minimum absolute atomic E-state index is 0.0233. The first kappa shape index (κ1) is 19.9. The predicted molar refractivity (Wildman–Crippen MR) is 109 cm³/mol. The number of halogens is 3. The number of pyridine rings is 1. The minimum Gasteiger partial charge on any atom is -0.438 e. The fourth-order valence-corrected chi connectivity index (χ4v) is 5.23. The Labute approximate surface area is 179 Å². The van der Waals surface area contributed by atoms with Crippen molar-refractivity contribution in [3.63, 3.8) is 0 Å². The van der Waals surface area contributed by atoms with Gasteiger partial charge in [0.05, 0.1) is 5.56 Å². The number of aromatic nitrogens is 1. The summed E-state index contributed by atoms with van der Waals surface area (Å²) in [6.07, 6.45) is -2.27. The van der Waals surface area contributed by atoms with Crippen molar-refractivity contribution in [2.75, 3.05) is 0 Å². The molecule has 5 rings (SSSR count). The summed E-state index contributed by atoms with van der Waals surface area (Å²) in [5.41, 5.74) is 1.17. The Bertz CT molecular complexity index is 1230. The second-order valence-electron chi connectivity index (χ2n) is 7.44.